The highest BCUT2D eigenvalue weighted by Crippen LogP contribution is 2.43. The number of hydrogen-bond acceptors (Lipinski definition) is 5. The lowest BCUT2D eigenvalue weighted by atomic mass is 9.83. The number of aromatic nitrogens is 3. The Morgan fingerprint density at radius 1 is 1.12 bits per heavy atom. The smallest absolute Gasteiger partial charge is 0.226 e. The molecule has 5 aromatic rings. The van der Waals surface area contributed by atoms with E-state index in [2.05, 4.69) is 35.6 Å². The summed E-state index contributed by atoms with van der Waals surface area (Å²) in [5.41, 5.74) is 3.98. The summed E-state index contributed by atoms with van der Waals surface area (Å²) in [4.78, 5) is 17.6. The van der Waals surface area contributed by atoms with Crippen molar-refractivity contribution in [2.45, 2.75) is 19.3 Å². The first-order valence-corrected chi connectivity index (χ1v) is 11.3. The Kier molecular flexibility index (Phi) is 4.26. The summed E-state index contributed by atoms with van der Waals surface area (Å²) >= 11 is 1.52. The van der Waals surface area contributed by atoms with Crippen molar-refractivity contribution in [2.24, 2.45) is 0 Å². The summed E-state index contributed by atoms with van der Waals surface area (Å²) < 4.78 is 8.13. The number of amides is 1. The largest absolute Gasteiger partial charge is 0.497 e. The van der Waals surface area contributed by atoms with Crippen molar-refractivity contribution in [1.29, 1.82) is 0 Å². The van der Waals surface area contributed by atoms with Crippen LogP contribution in [0.5, 0.6) is 5.75 Å². The molecule has 3 heterocycles. The number of anilines is 1. The van der Waals surface area contributed by atoms with Crippen molar-refractivity contribution in [3.8, 4) is 10.9 Å². The quantitative estimate of drug-likeness (QED) is 0.406. The molecular weight excluding hydrogens is 420 g/mol. The van der Waals surface area contributed by atoms with Gasteiger partial charge in [-0.1, -0.05) is 53.8 Å². The average molecular weight is 441 g/mol. The number of carbonyl (C=O) groups excluding carboxylic acids is 1. The molecule has 32 heavy (non-hydrogen) atoms. The molecule has 0 fully saturated rings. The molecular formula is C25H20N4O2S. The van der Waals surface area contributed by atoms with Crippen LogP contribution in [0.3, 0.4) is 0 Å². The summed E-state index contributed by atoms with van der Waals surface area (Å²) in [7, 11) is 1.65. The minimum absolute atomic E-state index is 0.0145. The number of rotatable bonds is 3. The van der Waals surface area contributed by atoms with Gasteiger partial charge in [0.25, 0.3) is 0 Å². The molecule has 0 saturated heterocycles. The Morgan fingerprint density at radius 3 is 2.84 bits per heavy atom. The van der Waals surface area contributed by atoms with E-state index in [-0.39, 0.29) is 11.8 Å². The van der Waals surface area contributed by atoms with Crippen LogP contribution in [-0.2, 0) is 4.79 Å². The monoisotopic (exact) mass is 440 g/mol. The fraction of sp³-hybridized carbons (Fsp3) is 0.160. The minimum Gasteiger partial charge on any atom is -0.497 e. The van der Waals surface area contributed by atoms with E-state index in [1.807, 2.05) is 37.3 Å². The predicted octanol–water partition coefficient (Wildman–Crippen LogP) is 5.43. The van der Waals surface area contributed by atoms with Gasteiger partial charge in [0.2, 0.25) is 11.0 Å². The van der Waals surface area contributed by atoms with Gasteiger partial charge in [0.05, 0.1) is 23.0 Å². The zero-order valence-electron chi connectivity index (χ0n) is 17.6. The van der Waals surface area contributed by atoms with Gasteiger partial charge in [-0.25, -0.2) is 4.98 Å². The van der Waals surface area contributed by atoms with E-state index in [0.717, 1.165) is 37.9 Å². The molecule has 2 aromatic heterocycles. The van der Waals surface area contributed by atoms with Crippen molar-refractivity contribution in [3.63, 3.8) is 0 Å². The highest BCUT2D eigenvalue weighted by Gasteiger charge is 2.34. The van der Waals surface area contributed by atoms with E-state index in [1.54, 1.807) is 11.8 Å². The van der Waals surface area contributed by atoms with Gasteiger partial charge in [0.15, 0.2) is 0 Å². The third kappa shape index (κ3) is 2.89. The zero-order valence-corrected chi connectivity index (χ0v) is 18.4. The second-order valence-electron chi connectivity index (χ2n) is 7.96. The Bertz CT molecular complexity index is 1510. The standard InChI is InChI=1S/C25H20N4O2S/c1-14-23-19(18-9-5-7-15-6-3-4-8-17(15)18)13-22(30)27-24(23)29(28-14)25-26-20-11-10-16(31-2)12-21(20)32-25/h3-12,19H,13H2,1-2H3,(H,27,30). The predicted molar refractivity (Wildman–Crippen MR) is 127 cm³/mol. The molecule has 1 aliphatic heterocycles. The Labute approximate surface area is 188 Å². The molecule has 158 valence electrons. The second kappa shape index (κ2) is 7.17. The summed E-state index contributed by atoms with van der Waals surface area (Å²) in [5, 5.41) is 10.9. The van der Waals surface area contributed by atoms with E-state index >= 15 is 0 Å². The number of carbonyl (C=O) groups is 1. The summed E-state index contributed by atoms with van der Waals surface area (Å²) in [6, 6.07) is 20.4. The number of thiazole rings is 1. The SMILES string of the molecule is COc1ccc2nc(-n3nc(C)c4c3NC(=O)CC4c3cccc4ccccc34)sc2c1. The molecule has 1 unspecified atom stereocenters. The number of fused-ring (bicyclic) bond motifs is 3. The third-order valence-electron chi connectivity index (χ3n) is 6.07. The number of aryl methyl sites for hydroxylation is 1. The molecule has 3 aromatic carbocycles. The van der Waals surface area contributed by atoms with Gasteiger partial charge < -0.3 is 10.1 Å². The van der Waals surface area contributed by atoms with Gasteiger partial charge in [0.1, 0.15) is 11.6 Å². The first-order chi connectivity index (χ1) is 15.6. The zero-order chi connectivity index (χ0) is 21.8. The lowest BCUT2D eigenvalue weighted by Gasteiger charge is -2.25. The van der Waals surface area contributed by atoms with Crippen LogP contribution in [0.4, 0.5) is 5.82 Å². The third-order valence-corrected chi connectivity index (χ3v) is 7.06. The number of ether oxygens (including phenoxy) is 1. The van der Waals surface area contributed by atoms with Gasteiger partial charge in [-0.3, -0.25) is 4.79 Å². The molecule has 7 heteroatoms. The molecule has 0 radical (unpaired) electrons. The molecule has 1 amide bonds. The summed E-state index contributed by atoms with van der Waals surface area (Å²) in [6.45, 7) is 2.00. The Morgan fingerprint density at radius 2 is 1.97 bits per heavy atom. The minimum atomic E-state index is -0.0620. The fourth-order valence-corrected chi connectivity index (χ4v) is 5.57. The van der Waals surface area contributed by atoms with Gasteiger partial charge >= 0.3 is 0 Å². The molecule has 6 rings (SSSR count). The molecule has 1 aliphatic rings. The summed E-state index contributed by atoms with van der Waals surface area (Å²) in [6.07, 6.45) is 0.393. The van der Waals surface area contributed by atoms with E-state index < -0.39 is 0 Å². The maximum atomic E-state index is 12.8. The first-order valence-electron chi connectivity index (χ1n) is 10.4. The Balaban J connectivity index is 1.53. The number of nitrogens with one attached hydrogen (secondary N) is 1. The van der Waals surface area contributed by atoms with Crippen LogP contribution in [0.2, 0.25) is 0 Å². The van der Waals surface area contributed by atoms with E-state index in [9.17, 15) is 4.79 Å². The van der Waals surface area contributed by atoms with Crippen LogP contribution in [0.25, 0.3) is 26.1 Å². The summed E-state index contributed by atoms with van der Waals surface area (Å²) in [5.74, 6) is 1.42. The molecule has 1 N–H and O–H groups in total. The van der Waals surface area contributed by atoms with Crippen molar-refractivity contribution in [3.05, 3.63) is 77.5 Å². The number of benzene rings is 3. The second-order valence-corrected chi connectivity index (χ2v) is 8.97. The van der Waals surface area contributed by atoms with Gasteiger partial charge in [-0.2, -0.15) is 9.78 Å². The van der Waals surface area contributed by atoms with Gasteiger partial charge in [-0.05, 0) is 41.5 Å². The van der Waals surface area contributed by atoms with Crippen LogP contribution in [0.15, 0.2) is 60.7 Å². The van der Waals surface area contributed by atoms with Crippen molar-refractivity contribution in [1.82, 2.24) is 14.8 Å². The topological polar surface area (TPSA) is 69.0 Å². The van der Waals surface area contributed by atoms with E-state index in [4.69, 9.17) is 14.8 Å². The Hall–Kier alpha value is -3.71. The van der Waals surface area contributed by atoms with Crippen LogP contribution in [0.1, 0.15) is 29.2 Å². The van der Waals surface area contributed by atoms with E-state index in [1.165, 1.54) is 22.1 Å². The molecule has 6 nitrogen and oxygen atoms in total. The van der Waals surface area contributed by atoms with Crippen LogP contribution < -0.4 is 10.1 Å². The average Bonchev–Trinajstić information content (AvgIpc) is 3.38. The van der Waals surface area contributed by atoms with Crippen LogP contribution in [0, 0.1) is 6.92 Å². The lowest BCUT2D eigenvalue weighted by Crippen LogP contribution is -2.25. The maximum Gasteiger partial charge on any atom is 0.226 e. The molecule has 0 aliphatic carbocycles. The maximum absolute atomic E-state index is 12.8. The van der Waals surface area contributed by atoms with Crippen molar-refractivity contribution >= 4 is 44.1 Å². The normalized spacial score (nSPS) is 15.7. The molecule has 0 spiro atoms. The van der Waals surface area contributed by atoms with Crippen molar-refractivity contribution < 1.29 is 9.53 Å². The van der Waals surface area contributed by atoms with Gasteiger partial charge in [-0.15, -0.1) is 0 Å². The highest BCUT2D eigenvalue weighted by atomic mass is 32.1. The van der Waals surface area contributed by atoms with Crippen LogP contribution >= 0.6 is 11.3 Å². The molecule has 1 atom stereocenters. The lowest BCUT2D eigenvalue weighted by molar-refractivity contribution is -0.116. The first kappa shape index (κ1) is 19.0. The van der Waals surface area contributed by atoms with E-state index in [0.29, 0.717) is 12.2 Å². The van der Waals surface area contributed by atoms with Crippen LogP contribution in [-0.4, -0.2) is 27.8 Å². The number of nitrogens with zero attached hydrogens (tertiary/aromatic N) is 3. The van der Waals surface area contributed by atoms with Gasteiger partial charge in [0, 0.05) is 17.9 Å². The highest BCUT2D eigenvalue weighted by molar-refractivity contribution is 7.20. The number of methoxy groups -OCH3 is 1. The fourth-order valence-electron chi connectivity index (χ4n) is 4.62. The molecule has 0 bridgehead atoms. The van der Waals surface area contributed by atoms with Crippen molar-refractivity contribution in [2.75, 3.05) is 12.4 Å². The molecule has 0 saturated carbocycles. The number of hydrogen-bond donors (Lipinski definition) is 1.